The first-order valence-electron chi connectivity index (χ1n) is 6.24. The molecular weight excluding hydrogens is 210 g/mol. The monoisotopic (exact) mass is 227 g/mol. The van der Waals surface area contributed by atoms with Crippen molar-refractivity contribution < 1.29 is 0 Å². The number of benzene rings is 1. The number of nitrogens with one attached hydrogen (secondary N) is 2. The molecule has 0 amide bonds. The van der Waals surface area contributed by atoms with Gasteiger partial charge >= 0.3 is 0 Å². The molecule has 2 aromatic rings. The average molecular weight is 227 g/mol. The number of hydrogen-bond acceptors (Lipinski definition) is 3. The number of anilines is 1. The molecule has 2 N–H and O–H groups in total. The van der Waals surface area contributed by atoms with Gasteiger partial charge in [-0.25, -0.2) is 0 Å². The maximum Gasteiger partial charge on any atom is 0.0722 e. The molecule has 0 spiro atoms. The van der Waals surface area contributed by atoms with Gasteiger partial charge in [-0.3, -0.25) is 4.98 Å². The van der Waals surface area contributed by atoms with Crippen LogP contribution in [0.25, 0.3) is 10.9 Å². The van der Waals surface area contributed by atoms with E-state index in [9.17, 15) is 0 Å². The molecule has 2 heterocycles. The van der Waals surface area contributed by atoms with Crippen LogP contribution >= 0.6 is 0 Å². The average Bonchev–Trinajstić information content (AvgIpc) is 2.89. The minimum atomic E-state index is 0.613. The first kappa shape index (κ1) is 10.5. The van der Waals surface area contributed by atoms with E-state index in [-0.39, 0.29) is 0 Å². The van der Waals surface area contributed by atoms with E-state index in [2.05, 4.69) is 33.8 Å². The van der Waals surface area contributed by atoms with E-state index in [4.69, 9.17) is 0 Å². The molecule has 88 valence electrons. The second kappa shape index (κ2) is 4.72. The Kier molecular flexibility index (Phi) is 2.92. The third kappa shape index (κ3) is 2.24. The summed E-state index contributed by atoms with van der Waals surface area (Å²) in [6, 6.07) is 10.9. The van der Waals surface area contributed by atoms with Crippen LogP contribution in [0.15, 0.2) is 36.5 Å². The Morgan fingerprint density at radius 1 is 1.29 bits per heavy atom. The third-order valence-electron chi connectivity index (χ3n) is 3.35. The van der Waals surface area contributed by atoms with Gasteiger partial charge in [0.15, 0.2) is 0 Å². The van der Waals surface area contributed by atoms with Crippen molar-refractivity contribution in [2.45, 2.75) is 18.9 Å². The van der Waals surface area contributed by atoms with Crippen LogP contribution in [-0.2, 0) is 0 Å². The van der Waals surface area contributed by atoms with Crippen molar-refractivity contribution in [3.63, 3.8) is 0 Å². The molecule has 1 aliphatic rings. The SMILES string of the molecule is c1cc(NCC2CCCN2)c2cccnc2c1. The third-order valence-corrected chi connectivity index (χ3v) is 3.35. The highest BCUT2D eigenvalue weighted by Crippen LogP contribution is 2.21. The Morgan fingerprint density at radius 3 is 3.18 bits per heavy atom. The molecule has 1 unspecified atom stereocenters. The van der Waals surface area contributed by atoms with Gasteiger partial charge in [0.2, 0.25) is 0 Å². The van der Waals surface area contributed by atoms with E-state index < -0.39 is 0 Å². The smallest absolute Gasteiger partial charge is 0.0722 e. The Bertz CT molecular complexity index is 498. The fraction of sp³-hybridized carbons (Fsp3) is 0.357. The summed E-state index contributed by atoms with van der Waals surface area (Å²) in [7, 11) is 0. The first-order chi connectivity index (χ1) is 8.43. The predicted octanol–water partition coefficient (Wildman–Crippen LogP) is 2.40. The fourth-order valence-electron chi connectivity index (χ4n) is 2.42. The lowest BCUT2D eigenvalue weighted by Gasteiger charge is -2.14. The second-order valence-corrected chi connectivity index (χ2v) is 4.55. The lowest BCUT2D eigenvalue weighted by molar-refractivity contribution is 0.634. The van der Waals surface area contributed by atoms with Crippen LogP contribution in [0.1, 0.15) is 12.8 Å². The number of pyridine rings is 1. The van der Waals surface area contributed by atoms with Crippen LogP contribution in [0.3, 0.4) is 0 Å². The summed E-state index contributed by atoms with van der Waals surface area (Å²) >= 11 is 0. The molecule has 17 heavy (non-hydrogen) atoms. The molecule has 1 atom stereocenters. The van der Waals surface area contributed by atoms with Crippen LogP contribution in [0.5, 0.6) is 0 Å². The Hall–Kier alpha value is -1.61. The molecule has 3 heteroatoms. The van der Waals surface area contributed by atoms with E-state index in [1.165, 1.54) is 23.9 Å². The number of nitrogens with zero attached hydrogens (tertiary/aromatic N) is 1. The number of fused-ring (bicyclic) bond motifs is 1. The van der Waals surface area contributed by atoms with Crippen molar-refractivity contribution in [1.29, 1.82) is 0 Å². The summed E-state index contributed by atoms with van der Waals surface area (Å²) in [5.41, 5.74) is 2.24. The summed E-state index contributed by atoms with van der Waals surface area (Å²) in [6.45, 7) is 2.15. The van der Waals surface area contributed by atoms with Crippen molar-refractivity contribution in [3.8, 4) is 0 Å². The molecule has 1 aromatic carbocycles. The summed E-state index contributed by atoms with van der Waals surface area (Å²) in [6.07, 6.45) is 4.41. The number of hydrogen-bond donors (Lipinski definition) is 2. The van der Waals surface area contributed by atoms with Gasteiger partial charge in [0.05, 0.1) is 5.52 Å². The van der Waals surface area contributed by atoms with Crippen molar-refractivity contribution in [2.24, 2.45) is 0 Å². The molecule has 0 radical (unpaired) electrons. The lowest BCUT2D eigenvalue weighted by atomic mass is 10.1. The van der Waals surface area contributed by atoms with Gasteiger partial charge in [-0.05, 0) is 43.7 Å². The molecule has 1 saturated heterocycles. The summed E-state index contributed by atoms with van der Waals surface area (Å²) < 4.78 is 0. The Morgan fingerprint density at radius 2 is 2.29 bits per heavy atom. The van der Waals surface area contributed by atoms with Crippen molar-refractivity contribution in [2.75, 3.05) is 18.4 Å². The number of aromatic nitrogens is 1. The van der Waals surface area contributed by atoms with Crippen LogP contribution < -0.4 is 10.6 Å². The molecule has 0 aliphatic carbocycles. The van der Waals surface area contributed by atoms with Gasteiger partial charge in [-0.15, -0.1) is 0 Å². The van der Waals surface area contributed by atoms with Gasteiger partial charge in [0.1, 0.15) is 0 Å². The Balaban J connectivity index is 1.79. The van der Waals surface area contributed by atoms with E-state index in [0.29, 0.717) is 6.04 Å². The van der Waals surface area contributed by atoms with E-state index in [1.54, 1.807) is 0 Å². The van der Waals surface area contributed by atoms with Crippen LogP contribution in [0, 0.1) is 0 Å². The van der Waals surface area contributed by atoms with Gasteiger partial charge in [0.25, 0.3) is 0 Å². The molecule has 1 aliphatic heterocycles. The van der Waals surface area contributed by atoms with E-state index in [1.807, 2.05) is 18.3 Å². The van der Waals surface area contributed by atoms with E-state index >= 15 is 0 Å². The summed E-state index contributed by atoms with van der Waals surface area (Å²) in [5, 5.41) is 8.23. The first-order valence-corrected chi connectivity index (χ1v) is 6.24. The van der Waals surface area contributed by atoms with Crippen LogP contribution in [0.2, 0.25) is 0 Å². The van der Waals surface area contributed by atoms with Gasteiger partial charge in [0, 0.05) is 29.9 Å². The van der Waals surface area contributed by atoms with Gasteiger partial charge in [-0.2, -0.15) is 0 Å². The second-order valence-electron chi connectivity index (χ2n) is 4.55. The largest absolute Gasteiger partial charge is 0.383 e. The Labute approximate surface area is 101 Å². The molecule has 3 nitrogen and oxygen atoms in total. The van der Waals surface area contributed by atoms with Crippen LogP contribution in [0.4, 0.5) is 5.69 Å². The fourth-order valence-corrected chi connectivity index (χ4v) is 2.42. The zero-order valence-corrected chi connectivity index (χ0v) is 9.82. The molecule has 3 rings (SSSR count). The van der Waals surface area contributed by atoms with Crippen LogP contribution in [-0.4, -0.2) is 24.1 Å². The van der Waals surface area contributed by atoms with Crippen molar-refractivity contribution in [1.82, 2.24) is 10.3 Å². The van der Waals surface area contributed by atoms with Crippen molar-refractivity contribution in [3.05, 3.63) is 36.5 Å². The van der Waals surface area contributed by atoms with Crippen molar-refractivity contribution >= 4 is 16.6 Å². The molecule has 0 saturated carbocycles. The zero-order chi connectivity index (χ0) is 11.5. The minimum Gasteiger partial charge on any atom is -0.383 e. The molecular formula is C14H17N3. The maximum atomic E-state index is 4.37. The lowest BCUT2D eigenvalue weighted by Crippen LogP contribution is -2.29. The number of rotatable bonds is 3. The maximum absolute atomic E-state index is 4.37. The highest BCUT2D eigenvalue weighted by atomic mass is 15.0. The van der Waals surface area contributed by atoms with E-state index in [0.717, 1.165) is 18.6 Å². The van der Waals surface area contributed by atoms with Gasteiger partial charge in [-0.1, -0.05) is 6.07 Å². The molecule has 1 aromatic heterocycles. The quantitative estimate of drug-likeness (QED) is 0.845. The van der Waals surface area contributed by atoms with Gasteiger partial charge < -0.3 is 10.6 Å². The summed E-state index contributed by atoms with van der Waals surface area (Å²) in [4.78, 5) is 4.37. The standard InChI is InChI=1S/C14H17N3/c1-6-13-12(5-3-9-16-13)14(7-1)17-10-11-4-2-8-15-11/h1,3,5-7,9,11,15,17H,2,4,8,10H2. The highest BCUT2D eigenvalue weighted by Gasteiger charge is 2.13. The highest BCUT2D eigenvalue weighted by molar-refractivity contribution is 5.91. The minimum absolute atomic E-state index is 0.613. The molecule has 1 fully saturated rings. The zero-order valence-electron chi connectivity index (χ0n) is 9.82. The normalized spacial score (nSPS) is 19.6. The summed E-state index contributed by atoms with van der Waals surface area (Å²) in [5.74, 6) is 0. The predicted molar refractivity (Wildman–Crippen MR) is 71.3 cm³/mol. The topological polar surface area (TPSA) is 37.0 Å². The molecule has 0 bridgehead atoms.